The van der Waals surface area contributed by atoms with Crippen LogP contribution in [0.3, 0.4) is 0 Å². The molecular formula is C20H12FN3O5. The summed E-state index contributed by atoms with van der Waals surface area (Å²) in [5, 5.41) is 32.4. The first-order valence-electron chi connectivity index (χ1n) is 8.14. The quantitative estimate of drug-likeness (QED) is 0.289. The maximum absolute atomic E-state index is 13.7. The van der Waals surface area contributed by atoms with Gasteiger partial charge >= 0.3 is 0 Å². The second-order valence-corrected chi connectivity index (χ2v) is 5.76. The summed E-state index contributed by atoms with van der Waals surface area (Å²) in [6, 6.07) is 13.5. The highest BCUT2D eigenvalue weighted by atomic mass is 19.1. The number of nitrogens with zero attached hydrogens (tertiary/aromatic N) is 2. The third kappa shape index (κ3) is 4.28. The van der Waals surface area contributed by atoms with Crippen LogP contribution in [0.5, 0.6) is 5.75 Å². The predicted molar refractivity (Wildman–Crippen MR) is 101 cm³/mol. The number of phenolic OH excluding ortho intramolecular Hbond substituents is 1. The molecule has 0 aliphatic rings. The fraction of sp³-hybridized carbons (Fsp3) is 0. The Morgan fingerprint density at radius 3 is 2.69 bits per heavy atom. The van der Waals surface area contributed by atoms with Crippen molar-refractivity contribution < 1.29 is 23.6 Å². The number of nitro groups is 1. The standard InChI is InChI=1S/C20H12FN3O5/c21-16-3-1-2-4-17(16)23-20(26)12(11-22)9-14-6-8-19(29-14)15-10-13(24(27)28)5-7-18(15)25/h1-10,25H,(H,23,26)/b12-9-. The third-order valence-corrected chi connectivity index (χ3v) is 3.86. The Labute approximate surface area is 163 Å². The van der Waals surface area contributed by atoms with E-state index in [0.29, 0.717) is 0 Å². The number of nitro benzene ring substituents is 1. The van der Waals surface area contributed by atoms with Crippen LogP contribution in [0, 0.1) is 27.3 Å². The van der Waals surface area contributed by atoms with Gasteiger partial charge in [-0.1, -0.05) is 12.1 Å². The minimum atomic E-state index is -0.839. The Hall–Kier alpha value is -4.45. The van der Waals surface area contributed by atoms with E-state index in [1.165, 1.54) is 30.3 Å². The molecule has 0 bridgehead atoms. The monoisotopic (exact) mass is 393 g/mol. The van der Waals surface area contributed by atoms with Crippen LogP contribution in [0.15, 0.2) is 64.6 Å². The zero-order valence-corrected chi connectivity index (χ0v) is 14.6. The minimum absolute atomic E-state index is 0.0770. The number of nitrogens with one attached hydrogen (secondary N) is 1. The SMILES string of the molecule is N#C/C(=C/c1ccc(-c2cc([N+](=O)[O-])ccc2O)o1)C(=O)Nc1ccccc1F. The second kappa shape index (κ2) is 8.06. The van der Waals surface area contributed by atoms with Gasteiger partial charge in [0.2, 0.25) is 0 Å². The Balaban J connectivity index is 1.87. The van der Waals surface area contributed by atoms with E-state index in [1.54, 1.807) is 6.07 Å². The van der Waals surface area contributed by atoms with Crippen LogP contribution in [-0.2, 0) is 4.79 Å². The summed E-state index contributed by atoms with van der Waals surface area (Å²) in [6.45, 7) is 0. The Bertz CT molecular complexity index is 1180. The number of halogens is 1. The van der Waals surface area contributed by atoms with E-state index in [1.807, 2.05) is 0 Å². The lowest BCUT2D eigenvalue weighted by molar-refractivity contribution is -0.384. The van der Waals surface area contributed by atoms with Crippen LogP contribution in [0.25, 0.3) is 17.4 Å². The summed E-state index contributed by atoms with van der Waals surface area (Å²) in [5.74, 6) is -1.54. The number of aromatic hydroxyl groups is 1. The number of non-ortho nitro benzene ring substituents is 1. The lowest BCUT2D eigenvalue weighted by Gasteiger charge is -2.04. The second-order valence-electron chi connectivity index (χ2n) is 5.76. The van der Waals surface area contributed by atoms with Crippen LogP contribution in [0.1, 0.15) is 5.76 Å². The first kappa shape index (κ1) is 19.3. The van der Waals surface area contributed by atoms with Gasteiger partial charge in [0, 0.05) is 18.2 Å². The normalized spacial score (nSPS) is 11.0. The van der Waals surface area contributed by atoms with E-state index in [2.05, 4.69) is 5.32 Å². The van der Waals surface area contributed by atoms with Gasteiger partial charge in [-0.2, -0.15) is 5.26 Å². The maximum atomic E-state index is 13.7. The van der Waals surface area contributed by atoms with Crippen LogP contribution in [0.4, 0.5) is 15.8 Å². The summed E-state index contributed by atoms with van der Waals surface area (Å²) in [7, 11) is 0. The van der Waals surface area contributed by atoms with E-state index in [0.717, 1.165) is 30.3 Å². The molecule has 29 heavy (non-hydrogen) atoms. The molecule has 0 saturated heterocycles. The Kier molecular flexibility index (Phi) is 5.37. The lowest BCUT2D eigenvalue weighted by atomic mass is 10.1. The molecule has 0 fully saturated rings. The number of carbonyl (C=O) groups excluding carboxylic acids is 1. The fourth-order valence-corrected chi connectivity index (χ4v) is 2.45. The minimum Gasteiger partial charge on any atom is -0.507 e. The van der Waals surface area contributed by atoms with Crippen molar-refractivity contribution in [3.8, 4) is 23.1 Å². The molecule has 0 unspecified atom stereocenters. The number of carbonyl (C=O) groups is 1. The van der Waals surface area contributed by atoms with Gasteiger partial charge in [-0.15, -0.1) is 0 Å². The highest BCUT2D eigenvalue weighted by Crippen LogP contribution is 2.34. The molecule has 144 valence electrons. The molecule has 0 aliphatic carbocycles. The highest BCUT2D eigenvalue weighted by Gasteiger charge is 2.16. The van der Waals surface area contributed by atoms with Gasteiger partial charge in [0.25, 0.3) is 11.6 Å². The van der Waals surface area contributed by atoms with E-state index < -0.39 is 16.6 Å². The molecule has 9 heteroatoms. The maximum Gasteiger partial charge on any atom is 0.270 e. The molecule has 0 spiro atoms. The highest BCUT2D eigenvalue weighted by molar-refractivity contribution is 6.09. The van der Waals surface area contributed by atoms with Crippen LogP contribution >= 0.6 is 0 Å². The number of benzene rings is 2. The van der Waals surface area contributed by atoms with Crippen molar-refractivity contribution in [1.29, 1.82) is 5.26 Å². The number of phenols is 1. The average molecular weight is 393 g/mol. The van der Waals surface area contributed by atoms with Gasteiger partial charge in [0.15, 0.2) is 0 Å². The van der Waals surface area contributed by atoms with Gasteiger partial charge < -0.3 is 14.8 Å². The summed E-state index contributed by atoms with van der Waals surface area (Å²) < 4.78 is 19.1. The average Bonchev–Trinajstić information content (AvgIpc) is 3.16. The van der Waals surface area contributed by atoms with E-state index >= 15 is 0 Å². The Morgan fingerprint density at radius 1 is 1.24 bits per heavy atom. The van der Waals surface area contributed by atoms with E-state index in [-0.39, 0.29) is 39.8 Å². The number of amides is 1. The smallest absolute Gasteiger partial charge is 0.270 e. The first-order valence-corrected chi connectivity index (χ1v) is 8.14. The molecule has 8 nitrogen and oxygen atoms in total. The third-order valence-electron chi connectivity index (χ3n) is 3.86. The largest absolute Gasteiger partial charge is 0.507 e. The van der Waals surface area contributed by atoms with Crippen LogP contribution in [-0.4, -0.2) is 15.9 Å². The van der Waals surface area contributed by atoms with Crippen molar-refractivity contribution >= 4 is 23.4 Å². The molecule has 1 aromatic heterocycles. The number of furan rings is 1. The summed E-state index contributed by atoms with van der Waals surface area (Å²) in [4.78, 5) is 22.5. The number of para-hydroxylation sites is 1. The molecule has 0 atom stereocenters. The van der Waals surface area contributed by atoms with E-state index in [9.17, 15) is 29.7 Å². The number of anilines is 1. The molecule has 1 heterocycles. The molecule has 0 aliphatic heterocycles. The van der Waals surface area contributed by atoms with Gasteiger partial charge in [0.05, 0.1) is 16.2 Å². The summed E-state index contributed by atoms with van der Waals surface area (Å²) >= 11 is 0. The summed E-state index contributed by atoms with van der Waals surface area (Å²) in [5.41, 5.74) is -0.598. The van der Waals surface area contributed by atoms with Gasteiger partial charge in [-0.25, -0.2) is 4.39 Å². The molecule has 0 saturated carbocycles. The number of rotatable bonds is 5. The molecule has 3 aromatic rings. The van der Waals surface area contributed by atoms with E-state index in [4.69, 9.17) is 4.42 Å². The van der Waals surface area contributed by atoms with Gasteiger partial charge in [0.1, 0.15) is 34.7 Å². The summed E-state index contributed by atoms with van der Waals surface area (Å²) in [6.07, 6.45) is 1.13. The zero-order chi connectivity index (χ0) is 21.0. The van der Waals surface area contributed by atoms with Gasteiger partial charge in [-0.3, -0.25) is 14.9 Å². The molecule has 2 N–H and O–H groups in total. The predicted octanol–water partition coefficient (Wildman–Crippen LogP) is 4.25. The van der Waals surface area contributed by atoms with Crippen molar-refractivity contribution in [3.63, 3.8) is 0 Å². The van der Waals surface area contributed by atoms with Crippen molar-refractivity contribution in [3.05, 3.63) is 81.9 Å². The van der Waals surface area contributed by atoms with Crippen molar-refractivity contribution in [2.45, 2.75) is 0 Å². The van der Waals surface area contributed by atoms with Crippen LogP contribution in [0.2, 0.25) is 0 Å². The van der Waals surface area contributed by atoms with Crippen molar-refractivity contribution in [1.82, 2.24) is 0 Å². The zero-order valence-electron chi connectivity index (χ0n) is 14.6. The molecule has 3 rings (SSSR count). The van der Waals surface area contributed by atoms with Gasteiger partial charge in [-0.05, 0) is 30.3 Å². The number of hydrogen-bond donors (Lipinski definition) is 2. The fourth-order valence-electron chi connectivity index (χ4n) is 2.45. The van der Waals surface area contributed by atoms with Crippen molar-refractivity contribution in [2.75, 3.05) is 5.32 Å². The molecular weight excluding hydrogens is 381 g/mol. The number of nitriles is 1. The topological polar surface area (TPSA) is 129 Å². The molecule has 0 radical (unpaired) electrons. The number of hydrogen-bond acceptors (Lipinski definition) is 6. The lowest BCUT2D eigenvalue weighted by Crippen LogP contribution is -2.14. The first-order chi connectivity index (χ1) is 13.9. The Morgan fingerprint density at radius 2 is 2.00 bits per heavy atom. The van der Waals surface area contributed by atoms with Crippen molar-refractivity contribution in [2.24, 2.45) is 0 Å². The molecule has 1 amide bonds. The van der Waals surface area contributed by atoms with Crippen LogP contribution < -0.4 is 5.32 Å². The molecule has 2 aromatic carbocycles.